The zero-order chi connectivity index (χ0) is 13.8. The Hall–Kier alpha value is -2.08. The first-order chi connectivity index (χ1) is 9.06. The number of hydrogen-bond donors (Lipinski definition) is 1. The molecule has 0 aliphatic heterocycles. The van der Waals surface area contributed by atoms with E-state index in [4.69, 9.17) is 0 Å². The van der Waals surface area contributed by atoms with Crippen molar-refractivity contribution in [3.05, 3.63) is 54.1 Å². The number of carbonyl (C=O) groups excluding carboxylic acids is 1. The number of hydrogen-bond acceptors (Lipinski definition) is 3. The van der Waals surface area contributed by atoms with Crippen LogP contribution in [0.1, 0.15) is 10.4 Å². The summed E-state index contributed by atoms with van der Waals surface area (Å²) in [7, 11) is -1.06. The number of nitrogens with one attached hydrogen (secondary N) is 1. The molecule has 0 aliphatic rings. The summed E-state index contributed by atoms with van der Waals surface area (Å²) in [5.41, 5.74) is 0.743. The van der Waals surface area contributed by atoms with E-state index in [1.54, 1.807) is 30.5 Å². The summed E-state index contributed by atoms with van der Waals surface area (Å²) in [5.74, 6) is -1.13. The second-order valence-electron chi connectivity index (χ2n) is 3.80. The summed E-state index contributed by atoms with van der Waals surface area (Å²) in [4.78, 5) is 15.9. The molecule has 0 saturated heterocycles. The molecule has 1 N–H and O–H groups in total. The van der Waals surface area contributed by atoms with Gasteiger partial charge in [-0.05, 0) is 30.3 Å². The summed E-state index contributed by atoms with van der Waals surface area (Å²) in [6.07, 6.45) is 2.81. The van der Waals surface area contributed by atoms with E-state index < -0.39 is 22.7 Å². The van der Waals surface area contributed by atoms with E-state index in [0.717, 1.165) is 6.07 Å². The first kappa shape index (κ1) is 13.4. The third-order valence-electron chi connectivity index (χ3n) is 2.43. The van der Waals surface area contributed by atoms with Gasteiger partial charge in [0.2, 0.25) is 5.95 Å². The van der Waals surface area contributed by atoms with Crippen LogP contribution < -0.4 is 5.32 Å². The predicted octanol–water partition coefficient (Wildman–Crippen LogP) is 2.21. The SMILES string of the molecule is CS(=O)c1ccc(NC(=O)c2ccnc(F)c2)cc1. The zero-order valence-electron chi connectivity index (χ0n) is 10.1. The highest BCUT2D eigenvalue weighted by molar-refractivity contribution is 7.84. The fourth-order valence-corrected chi connectivity index (χ4v) is 2.00. The Morgan fingerprint density at radius 3 is 2.53 bits per heavy atom. The highest BCUT2D eigenvalue weighted by atomic mass is 32.2. The van der Waals surface area contributed by atoms with E-state index >= 15 is 0 Å². The highest BCUT2D eigenvalue weighted by Gasteiger charge is 2.07. The summed E-state index contributed by atoms with van der Waals surface area (Å²) >= 11 is 0. The maximum Gasteiger partial charge on any atom is 0.255 e. The molecule has 1 heterocycles. The minimum atomic E-state index is -1.06. The van der Waals surface area contributed by atoms with Crippen LogP contribution in [0.5, 0.6) is 0 Å². The molecule has 1 amide bonds. The molecule has 2 rings (SSSR count). The second-order valence-corrected chi connectivity index (χ2v) is 5.18. The highest BCUT2D eigenvalue weighted by Crippen LogP contribution is 2.13. The Labute approximate surface area is 112 Å². The van der Waals surface area contributed by atoms with E-state index in [0.29, 0.717) is 10.6 Å². The molecule has 1 aromatic carbocycles. The molecule has 0 radical (unpaired) electrons. The van der Waals surface area contributed by atoms with Crippen molar-refractivity contribution in [3.63, 3.8) is 0 Å². The molecule has 6 heteroatoms. The average molecular weight is 278 g/mol. The molecule has 0 saturated carbocycles. The number of carbonyl (C=O) groups is 1. The number of amides is 1. The van der Waals surface area contributed by atoms with Gasteiger partial charge in [-0.3, -0.25) is 9.00 Å². The van der Waals surface area contributed by atoms with Gasteiger partial charge in [0.1, 0.15) is 0 Å². The zero-order valence-corrected chi connectivity index (χ0v) is 10.9. The number of benzene rings is 1. The van der Waals surface area contributed by atoms with Gasteiger partial charge >= 0.3 is 0 Å². The molecule has 0 spiro atoms. The maximum atomic E-state index is 12.9. The van der Waals surface area contributed by atoms with E-state index in [-0.39, 0.29) is 5.56 Å². The van der Waals surface area contributed by atoms with Crippen molar-refractivity contribution in [2.45, 2.75) is 4.90 Å². The average Bonchev–Trinajstić information content (AvgIpc) is 2.39. The molecule has 1 unspecified atom stereocenters. The fourth-order valence-electron chi connectivity index (χ4n) is 1.48. The summed E-state index contributed by atoms with van der Waals surface area (Å²) < 4.78 is 24.1. The van der Waals surface area contributed by atoms with Crippen molar-refractivity contribution >= 4 is 22.4 Å². The van der Waals surface area contributed by atoms with Crippen LogP contribution in [0, 0.1) is 5.95 Å². The van der Waals surface area contributed by atoms with Crippen LogP contribution in [-0.4, -0.2) is 21.4 Å². The van der Waals surface area contributed by atoms with Crippen LogP contribution in [-0.2, 0) is 10.8 Å². The van der Waals surface area contributed by atoms with Crippen molar-refractivity contribution in [3.8, 4) is 0 Å². The van der Waals surface area contributed by atoms with Gasteiger partial charge in [0.15, 0.2) is 0 Å². The van der Waals surface area contributed by atoms with Crippen molar-refractivity contribution < 1.29 is 13.4 Å². The Morgan fingerprint density at radius 1 is 1.26 bits per heavy atom. The normalized spacial score (nSPS) is 11.9. The first-order valence-electron chi connectivity index (χ1n) is 5.42. The van der Waals surface area contributed by atoms with Gasteiger partial charge in [-0.1, -0.05) is 0 Å². The van der Waals surface area contributed by atoms with Gasteiger partial charge in [-0.2, -0.15) is 4.39 Å². The maximum absolute atomic E-state index is 12.9. The van der Waals surface area contributed by atoms with Crippen LogP contribution in [0.25, 0.3) is 0 Å². The van der Waals surface area contributed by atoms with Crippen molar-refractivity contribution in [1.82, 2.24) is 4.98 Å². The molecular weight excluding hydrogens is 267 g/mol. The molecule has 0 bridgehead atoms. The lowest BCUT2D eigenvalue weighted by molar-refractivity contribution is 0.102. The molecule has 98 valence electrons. The molecule has 0 fully saturated rings. The lowest BCUT2D eigenvalue weighted by Gasteiger charge is -2.05. The number of rotatable bonds is 3. The Morgan fingerprint density at radius 2 is 1.95 bits per heavy atom. The third kappa shape index (κ3) is 3.45. The van der Waals surface area contributed by atoms with E-state index in [1.807, 2.05) is 0 Å². The minimum absolute atomic E-state index is 0.190. The Bertz CT molecular complexity index is 629. The lowest BCUT2D eigenvalue weighted by atomic mass is 10.2. The number of halogens is 1. The summed E-state index contributed by atoms with van der Waals surface area (Å²) in [6.45, 7) is 0. The van der Waals surface area contributed by atoms with Crippen LogP contribution in [0.3, 0.4) is 0 Å². The largest absolute Gasteiger partial charge is 0.322 e. The third-order valence-corrected chi connectivity index (χ3v) is 3.37. The van der Waals surface area contributed by atoms with Crippen molar-refractivity contribution in [2.75, 3.05) is 11.6 Å². The minimum Gasteiger partial charge on any atom is -0.322 e. The summed E-state index contributed by atoms with van der Waals surface area (Å²) in [5, 5.41) is 2.62. The van der Waals surface area contributed by atoms with Crippen LogP contribution in [0.2, 0.25) is 0 Å². The number of nitrogens with zero attached hydrogens (tertiary/aromatic N) is 1. The molecule has 19 heavy (non-hydrogen) atoms. The van der Waals surface area contributed by atoms with Crippen LogP contribution in [0.15, 0.2) is 47.5 Å². The van der Waals surface area contributed by atoms with Crippen LogP contribution >= 0.6 is 0 Å². The topological polar surface area (TPSA) is 59.1 Å². The molecule has 2 aromatic rings. The Balaban J connectivity index is 2.13. The van der Waals surface area contributed by atoms with Crippen molar-refractivity contribution in [2.24, 2.45) is 0 Å². The second kappa shape index (κ2) is 5.71. The van der Waals surface area contributed by atoms with E-state index in [9.17, 15) is 13.4 Å². The van der Waals surface area contributed by atoms with Gasteiger partial charge in [-0.25, -0.2) is 4.98 Å². The van der Waals surface area contributed by atoms with Crippen LogP contribution in [0.4, 0.5) is 10.1 Å². The van der Waals surface area contributed by atoms with Crippen molar-refractivity contribution in [1.29, 1.82) is 0 Å². The van der Waals surface area contributed by atoms with Gasteiger partial charge < -0.3 is 5.32 Å². The van der Waals surface area contributed by atoms with Gasteiger partial charge in [0.05, 0.1) is 0 Å². The molecule has 1 atom stereocenters. The summed E-state index contributed by atoms with van der Waals surface area (Å²) in [6, 6.07) is 9.11. The van der Waals surface area contributed by atoms with E-state index in [2.05, 4.69) is 10.3 Å². The quantitative estimate of drug-likeness (QED) is 0.876. The monoisotopic (exact) mass is 278 g/mol. The van der Waals surface area contributed by atoms with Gasteiger partial charge in [0.25, 0.3) is 5.91 Å². The molecule has 0 aliphatic carbocycles. The predicted molar refractivity (Wildman–Crippen MR) is 70.9 cm³/mol. The van der Waals surface area contributed by atoms with Gasteiger partial charge in [0, 0.05) is 45.5 Å². The lowest BCUT2D eigenvalue weighted by Crippen LogP contribution is -2.12. The smallest absolute Gasteiger partial charge is 0.255 e. The standard InChI is InChI=1S/C13H11FN2O2S/c1-19(18)11-4-2-10(3-5-11)16-13(17)9-6-7-15-12(14)8-9/h2-8H,1H3,(H,16,17). The Kier molecular flexibility index (Phi) is 4.01. The molecule has 4 nitrogen and oxygen atoms in total. The molecule has 1 aromatic heterocycles. The number of anilines is 1. The number of pyridine rings is 1. The first-order valence-corrected chi connectivity index (χ1v) is 6.98. The molecular formula is C13H11FN2O2S. The van der Waals surface area contributed by atoms with Gasteiger partial charge in [-0.15, -0.1) is 0 Å². The fraction of sp³-hybridized carbons (Fsp3) is 0.0769. The number of aromatic nitrogens is 1. The van der Waals surface area contributed by atoms with E-state index in [1.165, 1.54) is 12.3 Å².